The molecule has 1 heterocycles. The summed E-state index contributed by atoms with van der Waals surface area (Å²) in [4.78, 5) is 0. The lowest BCUT2D eigenvalue weighted by atomic mass is 9.91. The van der Waals surface area contributed by atoms with Gasteiger partial charge < -0.3 is 10.1 Å². The monoisotopic (exact) mass is 297 g/mol. The molecule has 1 fully saturated rings. The third-order valence-corrected chi connectivity index (χ3v) is 4.12. The number of hydrogen-bond donors (Lipinski definition) is 1. The molecule has 0 spiro atoms. The van der Waals surface area contributed by atoms with Crippen LogP contribution in [0.4, 0.5) is 0 Å². The smallest absolute Gasteiger partial charge is 0.123 e. The van der Waals surface area contributed by atoms with Gasteiger partial charge >= 0.3 is 0 Å². The molecule has 1 saturated heterocycles. The largest absolute Gasteiger partial charge is 0.496 e. The minimum Gasteiger partial charge on any atom is -0.496 e. The fourth-order valence-corrected chi connectivity index (χ4v) is 3.23. The molecule has 0 amide bonds. The van der Waals surface area contributed by atoms with Crippen LogP contribution >= 0.6 is 15.9 Å². The molecule has 0 radical (unpaired) electrons. The zero-order valence-corrected chi connectivity index (χ0v) is 12.1. The number of piperidine rings is 1. The molecule has 17 heavy (non-hydrogen) atoms. The van der Waals surface area contributed by atoms with Crippen molar-refractivity contribution in [1.82, 2.24) is 5.32 Å². The maximum atomic E-state index is 5.50. The Labute approximate surface area is 112 Å². The van der Waals surface area contributed by atoms with E-state index in [-0.39, 0.29) is 0 Å². The molecule has 1 N–H and O–H groups in total. The summed E-state index contributed by atoms with van der Waals surface area (Å²) in [7, 11) is 1.75. The van der Waals surface area contributed by atoms with Gasteiger partial charge in [0.1, 0.15) is 5.75 Å². The Kier molecular flexibility index (Phi) is 4.46. The van der Waals surface area contributed by atoms with Crippen molar-refractivity contribution >= 4 is 15.9 Å². The van der Waals surface area contributed by atoms with Crippen LogP contribution in [0.1, 0.15) is 24.0 Å². The topological polar surface area (TPSA) is 21.3 Å². The van der Waals surface area contributed by atoms with Crippen LogP contribution in [0.15, 0.2) is 16.6 Å². The lowest BCUT2D eigenvalue weighted by Crippen LogP contribution is -2.31. The van der Waals surface area contributed by atoms with Gasteiger partial charge in [0.2, 0.25) is 0 Å². The van der Waals surface area contributed by atoms with Gasteiger partial charge in [0.05, 0.1) is 7.11 Å². The van der Waals surface area contributed by atoms with Crippen LogP contribution in [0.3, 0.4) is 0 Å². The van der Waals surface area contributed by atoms with Crippen LogP contribution in [-0.2, 0) is 6.42 Å². The minimum absolute atomic E-state index is 0.733. The van der Waals surface area contributed by atoms with Gasteiger partial charge in [0, 0.05) is 10.0 Å². The number of halogens is 1. The summed E-state index contributed by atoms with van der Waals surface area (Å²) >= 11 is 3.67. The zero-order chi connectivity index (χ0) is 12.3. The van der Waals surface area contributed by atoms with Gasteiger partial charge in [-0.25, -0.2) is 0 Å². The molecule has 2 nitrogen and oxygen atoms in total. The van der Waals surface area contributed by atoms with E-state index in [4.69, 9.17) is 4.74 Å². The number of benzene rings is 1. The quantitative estimate of drug-likeness (QED) is 0.924. The molecular weight excluding hydrogens is 278 g/mol. The molecule has 3 heteroatoms. The van der Waals surface area contributed by atoms with E-state index < -0.39 is 0 Å². The van der Waals surface area contributed by atoms with E-state index in [0.29, 0.717) is 0 Å². The molecule has 94 valence electrons. The van der Waals surface area contributed by atoms with E-state index >= 15 is 0 Å². The molecule has 0 aromatic heterocycles. The van der Waals surface area contributed by atoms with Gasteiger partial charge in [-0.15, -0.1) is 0 Å². The van der Waals surface area contributed by atoms with Gasteiger partial charge in [-0.1, -0.05) is 15.9 Å². The Morgan fingerprint density at radius 3 is 2.94 bits per heavy atom. The fourth-order valence-electron chi connectivity index (χ4n) is 2.51. The highest BCUT2D eigenvalue weighted by Gasteiger charge is 2.17. The van der Waals surface area contributed by atoms with Crippen molar-refractivity contribution in [3.63, 3.8) is 0 Å². The van der Waals surface area contributed by atoms with Crippen LogP contribution in [0.2, 0.25) is 0 Å². The summed E-state index contributed by atoms with van der Waals surface area (Å²) in [6.45, 7) is 4.39. The molecule has 1 aliphatic heterocycles. The first kappa shape index (κ1) is 12.9. The number of methoxy groups -OCH3 is 1. The Morgan fingerprint density at radius 1 is 1.47 bits per heavy atom. The molecule has 0 saturated carbocycles. The van der Waals surface area contributed by atoms with Crippen molar-refractivity contribution in [2.45, 2.75) is 26.2 Å². The van der Waals surface area contributed by atoms with E-state index in [9.17, 15) is 0 Å². The van der Waals surface area contributed by atoms with Crippen molar-refractivity contribution < 1.29 is 4.74 Å². The van der Waals surface area contributed by atoms with Crippen molar-refractivity contribution in [2.75, 3.05) is 20.2 Å². The highest BCUT2D eigenvalue weighted by molar-refractivity contribution is 9.10. The first-order valence-electron chi connectivity index (χ1n) is 6.24. The number of ether oxygens (including phenoxy) is 1. The minimum atomic E-state index is 0.733. The summed E-state index contributed by atoms with van der Waals surface area (Å²) in [6, 6.07) is 4.30. The molecular formula is C14H20BrNO. The second-order valence-corrected chi connectivity index (χ2v) is 5.70. The van der Waals surface area contributed by atoms with Crippen LogP contribution in [0.5, 0.6) is 5.75 Å². The first-order valence-corrected chi connectivity index (χ1v) is 7.03. The van der Waals surface area contributed by atoms with Crippen LogP contribution in [-0.4, -0.2) is 20.2 Å². The third-order valence-electron chi connectivity index (χ3n) is 3.41. The lowest BCUT2D eigenvalue weighted by Gasteiger charge is -2.24. The summed E-state index contributed by atoms with van der Waals surface area (Å²) < 4.78 is 6.68. The maximum absolute atomic E-state index is 5.50. The van der Waals surface area contributed by atoms with Crippen molar-refractivity contribution in [2.24, 2.45) is 5.92 Å². The average molecular weight is 298 g/mol. The molecule has 1 unspecified atom stereocenters. The van der Waals surface area contributed by atoms with E-state index in [1.165, 1.54) is 35.0 Å². The average Bonchev–Trinajstić information content (AvgIpc) is 2.33. The molecule has 1 aliphatic rings. The van der Waals surface area contributed by atoms with E-state index in [1.54, 1.807) is 7.11 Å². The molecule has 0 aliphatic carbocycles. The molecule has 1 aromatic carbocycles. The van der Waals surface area contributed by atoms with Crippen LogP contribution in [0, 0.1) is 12.8 Å². The van der Waals surface area contributed by atoms with Gasteiger partial charge in [-0.05, 0) is 62.9 Å². The predicted octanol–water partition coefficient (Wildman–Crippen LogP) is 3.31. The Morgan fingerprint density at radius 2 is 2.29 bits per heavy atom. The van der Waals surface area contributed by atoms with Crippen LogP contribution < -0.4 is 10.1 Å². The number of hydrogen-bond acceptors (Lipinski definition) is 2. The number of aryl methyl sites for hydroxylation is 1. The summed E-state index contributed by atoms with van der Waals surface area (Å²) in [6.07, 6.45) is 3.70. The van der Waals surface area contributed by atoms with E-state index in [0.717, 1.165) is 24.6 Å². The first-order chi connectivity index (χ1) is 8.20. The molecule has 2 rings (SSSR count). The Bertz CT molecular complexity index is 386. The van der Waals surface area contributed by atoms with Crippen molar-refractivity contribution in [3.8, 4) is 5.75 Å². The Hall–Kier alpha value is -0.540. The van der Waals surface area contributed by atoms with Gasteiger partial charge in [0.25, 0.3) is 0 Å². The molecule has 1 atom stereocenters. The zero-order valence-electron chi connectivity index (χ0n) is 10.6. The third kappa shape index (κ3) is 3.23. The summed E-state index contributed by atoms with van der Waals surface area (Å²) in [5, 5.41) is 3.47. The van der Waals surface area contributed by atoms with Crippen molar-refractivity contribution in [1.29, 1.82) is 0 Å². The number of nitrogens with one attached hydrogen (secondary N) is 1. The Balaban J connectivity index is 2.18. The normalized spacial score (nSPS) is 20.3. The standard InChI is InChI=1S/C14H20BrNO/c1-10-6-13(15)12(14(7-10)17-2)8-11-4-3-5-16-9-11/h6-7,11,16H,3-5,8-9H2,1-2H3. The van der Waals surface area contributed by atoms with E-state index in [2.05, 4.69) is 40.3 Å². The second-order valence-electron chi connectivity index (χ2n) is 4.84. The van der Waals surface area contributed by atoms with Crippen molar-refractivity contribution in [3.05, 3.63) is 27.7 Å². The lowest BCUT2D eigenvalue weighted by molar-refractivity contribution is 0.363. The summed E-state index contributed by atoms with van der Waals surface area (Å²) in [5.41, 5.74) is 2.55. The van der Waals surface area contributed by atoms with Crippen LogP contribution in [0.25, 0.3) is 0 Å². The second kappa shape index (κ2) is 5.87. The number of rotatable bonds is 3. The maximum Gasteiger partial charge on any atom is 0.123 e. The SMILES string of the molecule is COc1cc(C)cc(Br)c1CC1CCCNC1. The highest BCUT2D eigenvalue weighted by atomic mass is 79.9. The van der Waals surface area contributed by atoms with Gasteiger partial charge in [-0.2, -0.15) is 0 Å². The van der Waals surface area contributed by atoms with Gasteiger partial charge in [-0.3, -0.25) is 0 Å². The highest BCUT2D eigenvalue weighted by Crippen LogP contribution is 2.32. The molecule has 1 aromatic rings. The van der Waals surface area contributed by atoms with E-state index in [1.807, 2.05) is 0 Å². The predicted molar refractivity (Wildman–Crippen MR) is 74.7 cm³/mol. The van der Waals surface area contributed by atoms with Gasteiger partial charge in [0.15, 0.2) is 0 Å². The fraction of sp³-hybridized carbons (Fsp3) is 0.571. The molecule has 0 bridgehead atoms. The summed E-state index contributed by atoms with van der Waals surface area (Å²) in [5.74, 6) is 1.75.